The molecular formula is C25H20F3N9O2. The molecule has 39 heavy (non-hydrogen) atoms. The van der Waals surface area contributed by atoms with Crippen LogP contribution in [0.2, 0.25) is 0 Å². The molecule has 0 fully saturated rings. The van der Waals surface area contributed by atoms with E-state index in [-0.39, 0.29) is 34.7 Å². The third-order valence-corrected chi connectivity index (χ3v) is 5.28. The first kappa shape index (κ1) is 26.7. The van der Waals surface area contributed by atoms with Crippen LogP contribution in [-0.4, -0.2) is 41.8 Å². The van der Waals surface area contributed by atoms with E-state index in [9.17, 15) is 28.0 Å². The molecule has 0 saturated carbocycles. The number of hydrogen-bond acceptors (Lipinski definition) is 7. The second kappa shape index (κ2) is 10.6. The van der Waals surface area contributed by atoms with Crippen LogP contribution in [0.15, 0.2) is 60.8 Å². The number of nitrogens with zero attached hydrogens (tertiary/aromatic N) is 7. The lowest BCUT2D eigenvalue weighted by atomic mass is 10.0. The molecule has 2 heterocycles. The van der Waals surface area contributed by atoms with Gasteiger partial charge in [0.05, 0.1) is 34.3 Å². The number of carbonyl (C=O) groups is 2. The van der Waals surface area contributed by atoms with Crippen molar-refractivity contribution in [2.45, 2.75) is 26.6 Å². The van der Waals surface area contributed by atoms with E-state index in [1.807, 2.05) is 6.07 Å². The Hall–Kier alpha value is -5.32. The summed E-state index contributed by atoms with van der Waals surface area (Å²) in [5.41, 5.74) is 1.91. The van der Waals surface area contributed by atoms with Gasteiger partial charge in [0.2, 0.25) is 0 Å². The molecule has 0 unspecified atom stereocenters. The quantitative estimate of drug-likeness (QED) is 0.368. The van der Waals surface area contributed by atoms with Gasteiger partial charge >= 0.3 is 6.18 Å². The summed E-state index contributed by atoms with van der Waals surface area (Å²) < 4.78 is 39.9. The number of anilines is 1. The zero-order chi connectivity index (χ0) is 28.3. The molecule has 0 spiro atoms. The fraction of sp³-hybridized carbons (Fsp3) is 0.160. The minimum absolute atomic E-state index is 0.0161. The van der Waals surface area contributed by atoms with Crippen molar-refractivity contribution in [2.75, 3.05) is 5.32 Å². The van der Waals surface area contributed by atoms with E-state index in [2.05, 4.69) is 37.7 Å². The maximum Gasteiger partial charge on any atom is 0.455 e. The third kappa shape index (κ3) is 5.99. The van der Waals surface area contributed by atoms with Gasteiger partial charge in [0.15, 0.2) is 0 Å². The Morgan fingerprint density at radius 3 is 2.44 bits per heavy atom. The molecule has 0 aliphatic heterocycles. The van der Waals surface area contributed by atoms with Gasteiger partial charge in [-0.25, -0.2) is 4.68 Å². The van der Waals surface area contributed by atoms with Gasteiger partial charge in [-0.2, -0.15) is 28.3 Å². The zero-order valence-corrected chi connectivity index (χ0v) is 20.6. The van der Waals surface area contributed by atoms with Crippen LogP contribution in [0.3, 0.4) is 0 Å². The van der Waals surface area contributed by atoms with Crippen molar-refractivity contribution < 1.29 is 22.8 Å². The van der Waals surface area contributed by atoms with Crippen molar-refractivity contribution >= 4 is 17.5 Å². The maximum absolute atomic E-state index is 13.5. The fourth-order valence-electron chi connectivity index (χ4n) is 3.64. The van der Waals surface area contributed by atoms with E-state index in [0.29, 0.717) is 21.7 Å². The van der Waals surface area contributed by atoms with E-state index in [1.165, 1.54) is 22.9 Å². The van der Waals surface area contributed by atoms with Crippen molar-refractivity contribution in [3.8, 4) is 11.8 Å². The first-order valence-corrected chi connectivity index (χ1v) is 11.3. The molecule has 4 rings (SSSR count). The number of alkyl halides is 3. The van der Waals surface area contributed by atoms with Crippen molar-refractivity contribution in [3.63, 3.8) is 0 Å². The van der Waals surface area contributed by atoms with Gasteiger partial charge in [-0.05, 0) is 55.0 Å². The largest absolute Gasteiger partial charge is 0.455 e. The molecule has 11 nitrogen and oxygen atoms in total. The number of rotatable bonds is 7. The standard InChI is InChI=1S/C25H20F3N9O2/c1-14(2)30-22(38)19-10-16(12-29)9-15(3)21(19)31-23(39)20-11-17(33-37(20)18-7-5-4-6-8-18)13-36-34-24(32-35-36)25(26,27)28/h4-11H,1,13H2,2-3H3,(H,30,38)(H,31,39). The maximum atomic E-state index is 13.5. The first-order valence-electron chi connectivity index (χ1n) is 11.3. The number of hydrogen-bond donors (Lipinski definition) is 2. The number of tetrazole rings is 1. The minimum Gasteiger partial charge on any atom is -0.327 e. The number of amides is 2. The number of para-hydroxylation sites is 1. The Kier molecular flexibility index (Phi) is 7.25. The Morgan fingerprint density at radius 2 is 1.82 bits per heavy atom. The molecular weight excluding hydrogens is 515 g/mol. The number of nitrogens with one attached hydrogen (secondary N) is 2. The summed E-state index contributed by atoms with van der Waals surface area (Å²) in [6, 6.07) is 14.8. The second-order valence-electron chi connectivity index (χ2n) is 8.43. The highest BCUT2D eigenvalue weighted by atomic mass is 19.4. The number of halogens is 3. The molecule has 2 aromatic heterocycles. The van der Waals surface area contributed by atoms with Gasteiger partial charge in [-0.15, -0.1) is 10.2 Å². The van der Waals surface area contributed by atoms with Crippen LogP contribution >= 0.6 is 0 Å². The summed E-state index contributed by atoms with van der Waals surface area (Å²) in [6.07, 6.45) is -4.76. The number of nitriles is 1. The molecule has 198 valence electrons. The van der Waals surface area contributed by atoms with Crippen LogP contribution in [-0.2, 0) is 12.7 Å². The highest BCUT2D eigenvalue weighted by Crippen LogP contribution is 2.26. The predicted molar refractivity (Wildman–Crippen MR) is 132 cm³/mol. The van der Waals surface area contributed by atoms with Gasteiger partial charge in [0.1, 0.15) is 12.2 Å². The average molecular weight is 535 g/mol. The van der Waals surface area contributed by atoms with Gasteiger partial charge in [-0.1, -0.05) is 24.8 Å². The number of allylic oxidation sites excluding steroid dienone is 1. The molecule has 0 radical (unpaired) electrons. The molecule has 2 amide bonds. The smallest absolute Gasteiger partial charge is 0.327 e. The fourth-order valence-corrected chi connectivity index (χ4v) is 3.64. The van der Waals surface area contributed by atoms with Crippen molar-refractivity contribution in [1.29, 1.82) is 5.26 Å². The predicted octanol–water partition coefficient (Wildman–Crippen LogP) is 3.62. The Morgan fingerprint density at radius 1 is 1.10 bits per heavy atom. The molecule has 2 aromatic carbocycles. The van der Waals surface area contributed by atoms with Crippen molar-refractivity contribution in [2.24, 2.45) is 0 Å². The summed E-state index contributed by atoms with van der Waals surface area (Å²) >= 11 is 0. The van der Waals surface area contributed by atoms with E-state index < -0.39 is 23.8 Å². The summed E-state index contributed by atoms with van der Waals surface area (Å²) in [4.78, 5) is 27.1. The SMILES string of the molecule is C=C(C)NC(=O)c1cc(C#N)cc(C)c1NC(=O)c1cc(Cn2nnc(C(F)(F)F)n2)nn1-c1ccccc1. The molecule has 0 atom stereocenters. The normalized spacial score (nSPS) is 11.1. The molecule has 14 heteroatoms. The Bertz CT molecular complexity index is 1620. The summed E-state index contributed by atoms with van der Waals surface area (Å²) in [5, 5.41) is 28.7. The first-order chi connectivity index (χ1) is 18.5. The molecule has 0 saturated heterocycles. The Labute approximate surface area is 219 Å². The lowest BCUT2D eigenvalue weighted by Crippen LogP contribution is -2.25. The minimum atomic E-state index is -4.76. The molecule has 0 bridgehead atoms. The van der Waals surface area contributed by atoms with Gasteiger partial charge < -0.3 is 10.6 Å². The summed E-state index contributed by atoms with van der Waals surface area (Å²) in [7, 11) is 0. The summed E-state index contributed by atoms with van der Waals surface area (Å²) in [6.45, 7) is 6.56. The summed E-state index contributed by atoms with van der Waals surface area (Å²) in [5.74, 6) is -2.65. The number of aryl methyl sites for hydroxylation is 1. The van der Waals surface area contributed by atoms with Gasteiger partial charge in [-0.3, -0.25) is 9.59 Å². The third-order valence-electron chi connectivity index (χ3n) is 5.28. The highest BCUT2D eigenvalue weighted by Gasteiger charge is 2.37. The van der Waals surface area contributed by atoms with Crippen LogP contribution in [0.1, 0.15) is 50.4 Å². The Balaban J connectivity index is 1.73. The average Bonchev–Trinajstić information content (AvgIpc) is 3.53. The van der Waals surface area contributed by atoms with Crippen LogP contribution in [0, 0.1) is 18.3 Å². The van der Waals surface area contributed by atoms with E-state index in [4.69, 9.17) is 0 Å². The monoisotopic (exact) mass is 535 g/mol. The topological polar surface area (TPSA) is 143 Å². The number of aromatic nitrogens is 6. The lowest BCUT2D eigenvalue weighted by Gasteiger charge is -2.15. The van der Waals surface area contributed by atoms with Crippen LogP contribution in [0.5, 0.6) is 0 Å². The molecule has 0 aliphatic rings. The van der Waals surface area contributed by atoms with E-state index >= 15 is 0 Å². The van der Waals surface area contributed by atoms with Crippen molar-refractivity contribution in [3.05, 3.63) is 94.7 Å². The van der Waals surface area contributed by atoms with Crippen LogP contribution in [0.25, 0.3) is 5.69 Å². The zero-order valence-electron chi connectivity index (χ0n) is 20.6. The highest BCUT2D eigenvalue weighted by molar-refractivity contribution is 6.09. The van der Waals surface area contributed by atoms with Gasteiger partial charge in [0, 0.05) is 5.70 Å². The van der Waals surface area contributed by atoms with E-state index in [1.54, 1.807) is 44.2 Å². The molecule has 2 N–H and O–H groups in total. The van der Waals surface area contributed by atoms with Crippen molar-refractivity contribution in [1.82, 2.24) is 35.3 Å². The molecule has 0 aliphatic carbocycles. The number of benzene rings is 2. The second-order valence-corrected chi connectivity index (χ2v) is 8.43. The van der Waals surface area contributed by atoms with Crippen LogP contribution < -0.4 is 10.6 Å². The van der Waals surface area contributed by atoms with Crippen LogP contribution in [0.4, 0.5) is 18.9 Å². The number of carbonyl (C=O) groups excluding carboxylic acids is 2. The molecule has 4 aromatic rings. The van der Waals surface area contributed by atoms with Gasteiger partial charge in [0.25, 0.3) is 17.6 Å². The lowest BCUT2D eigenvalue weighted by molar-refractivity contribution is -0.145. The van der Waals surface area contributed by atoms with E-state index in [0.717, 1.165) is 0 Å².